The Hall–Kier alpha value is -3.50. The van der Waals surface area contributed by atoms with E-state index in [9.17, 15) is 8.42 Å². The minimum absolute atomic E-state index is 0.233. The number of anilines is 1. The predicted octanol–water partition coefficient (Wildman–Crippen LogP) is 3.67. The Labute approximate surface area is 216 Å². The Morgan fingerprint density at radius 2 is 1.95 bits per heavy atom. The van der Waals surface area contributed by atoms with Crippen molar-refractivity contribution in [2.24, 2.45) is 0 Å². The highest BCUT2D eigenvalue weighted by Gasteiger charge is 2.42. The molecule has 0 N–H and O–H groups in total. The van der Waals surface area contributed by atoms with Gasteiger partial charge in [-0.15, -0.1) is 0 Å². The van der Waals surface area contributed by atoms with Gasteiger partial charge in [0.1, 0.15) is 11.8 Å². The third kappa shape index (κ3) is 4.67. The lowest BCUT2D eigenvalue weighted by molar-refractivity contribution is 0.273. The molecule has 2 aliphatic rings. The minimum atomic E-state index is -3.29. The van der Waals surface area contributed by atoms with Gasteiger partial charge in [-0.05, 0) is 75.7 Å². The summed E-state index contributed by atoms with van der Waals surface area (Å²) in [6.07, 6.45) is 6.69. The van der Waals surface area contributed by atoms with Crippen LogP contribution in [0.3, 0.4) is 0 Å². The van der Waals surface area contributed by atoms with Gasteiger partial charge in [-0.25, -0.2) is 23.4 Å². The molecule has 6 rings (SSSR count). The Morgan fingerprint density at radius 1 is 1.08 bits per heavy atom. The molecular formula is C27H30N6O3S. The molecule has 0 bridgehead atoms. The summed E-state index contributed by atoms with van der Waals surface area (Å²) in [4.78, 5) is 16.0. The minimum Gasteiger partial charge on any atom is -0.478 e. The molecule has 1 aliphatic carbocycles. The van der Waals surface area contributed by atoms with Crippen LogP contribution < -0.4 is 9.04 Å². The second kappa shape index (κ2) is 9.42. The van der Waals surface area contributed by atoms with Crippen LogP contribution in [0.25, 0.3) is 28.1 Å². The summed E-state index contributed by atoms with van der Waals surface area (Å²) in [7, 11) is 0.795. The summed E-state index contributed by atoms with van der Waals surface area (Å²) >= 11 is 0. The molecule has 192 valence electrons. The smallest absolute Gasteiger partial charge is 0.238 e. The first kappa shape index (κ1) is 23.9. The van der Waals surface area contributed by atoms with Crippen molar-refractivity contribution in [2.45, 2.75) is 30.9 Å². The average Bonchev–Trinajstić information content (AvgIpc) is 3.55. The van der Waals surface area contributed by atoms with E-state index in [1.165, 1.54) is 0 Å². The van der Waals surface area contributed by atoms with E-state index in [4.69, 9.17) is 9.72 Å². The number of nitrogens with zero attached hydrogens (tertiary/aromatic N) is 6. The first-order valence-electron chi connectivity index (χ1n) is 12.6. The van der Waals surface area contributed by atoms with Gasteiger partial charge >= 0.3 is 0 Å². The zero-order chi connectivity index (χ0) is 25.6. The van der Waals surface area contributed by atoms with E-state index in [0.717, 1.165) is 65.9 Å². The highest BCUT2D eigenvalue weighted by molar-refractivity contribution is 7.93. The maximum atomic E-state index is 13.0. The van der Waals surface area contributed by atoms with Gasteiger partial charge < -0.3 is 9.64 Å². The third-order valence-electron chi connectivity index (χ3n) is 6.88. The molecule has 37 heavy (non-hydrogen) atoms. The van der Waals surface area contributed by atoms with Crippen molar-refractivity contribution >= 4 is 26.9 Å². The van der Waals surface area contributed by atoms with E-state index in [0.29, 0.717) is 24.7 Å². The lowest BCUT2D eigenvalue weighted by Crippen LogP contribution is -2.32. The Balaban J connectivity index is 1.27. The molecule has 1 fully saturated rings. The number of aromatic nitrogens is 4. The van der Waals surface area contributed by atoms with E-state index in [2.05, 4.69) is 14.9 Å². The van der Waals surface area contributed by atoms with Gasteiger partial charge in [0.05, 0.1) is 28.9 Å². The fraction of sp³-hybridized carbons (Fsp3) is 0.370. The summed E-state index contributed by atoms with van der Waals surface area (Å²) in [5, 5.41) is -0.233. The molecule has 1 aromatic carbocycles. The second-order valence-electron chi connectivity index (χ2n) is 9.92. The highest BCUT2D eigenvalue weighted by Crippen LogP contribution is 2.39. The zero-order valence-corrected chi connectivity index (χ0v) is 21.9. The van der Waals surface area contributed by atoms with Crippen LogP contribution in [0.5, 0.6) is 5.88 Å². The van der Waals surface area contributed by atoms with E-state index in [-0.39, 0.29) is 5.25 Å². The van der Waals surface area contributed by atoms with E-state index in [1.807, 2.05) is 61.1 Å². The average molecular weight is 519 g/mol. The summed E-state index contributed by atoms with van der Waals surface area (Å²) < 4.78 is 35.2. The first-order chi connectivity index (χ1) is 17.9. The molecule has 3 aromatic heterocycles. The number of imidazole rings is 1. The van der Waals surface area contributed by atoms with Crippen LogP contribution in [0.2, 0.25) is 0 Å². The van der Waals surface area contributed by atoms with Crippen molar-refractivity contribution in [2.75, 3.05) is 38.1 Å². The van der Waals surface area contributed by atoms with E-state index in [1.54, 1.807) is 16.8 Å². The van der Waals surface area contributed by atoms with Crippen molar-refractivity contribution in [3.63, 3.8) is 0 Å². The lowest BCUT2D eigenvalue weighted by Gasteiger charge is -2.20. The number of benzene rings is 1. The SMILES string of the molecule is CN(C)CCCOc1ccc(-c2ccc3ncn(-c4ccc5c(c4)N(S(=O)(=O)C4CC4)CC5)c3n2)cn1. The van der Waals surface area contributed by atoms with Gasteiger partial charge in [0, 0.05) is 30.9 Å². The highest BCUT2D eigenvalue weighted by atomic mass is 32.2. The van der Waals surface area contributed by atoms with Gasteiger partial charge in [-0.2, -0.15) is 0 Å². The van der Waals surface area contributed by atoms with Crippen molar-refractivity contribution in [3.8, 4) is 22.8 Å². The van der Waals surface area contributed by atoms with Crippen LogP contribution in [0.1, 0.15) is 24.8 Å². The number of sulfonamides is 1. The van der Waals surface area contributed by atoms with Crippen LogP contribution >= 0.6 is 0 Å². The van der Waals surface area contributed by atoms with Crippen molar-refractivity contribution < 1.29 is 13.2 Å². The monoisotopic (exact) mass is 518 g/mol. The standard InChI is InChI=1S/C27H30N6O3S/c1-31(2)13-3-15-36-26-11-5-20(17-28-26)23-9-10-24-27(30-23)32(18-29-24)21-6-4-19-12-14-33(25(19)16-21)37(34,35)22-7-8-22/h4-6,9-11,16-18,22H,3,7-8,12-15H2,1-2H3. The lowest BCUT2D eigenvalue weighted by atomic mass is 10.1. The largest absolute Gasteiger partial charge is 0.478 e. The normalized spacial score (nSPS) is 15.5. The van der Waals surface area contributed by atoms with Gasteiger partial charge in [0.2, 0.25) is 15.9 Å². The van der Waals surface area contributed by atoms with Crippen LogP contribution in [0.4, 0.5) is 5.69 Å². The molecular weight excluding hydrogens is 488 g/mol. The fourth-order valence-corrected chi connectivity index (χ4v) is 6.60. The summed E-state index contributed by atoms with van der Waals surface area (Å²) in [5.41, 5.74) is 5.79. The van der Waals surface area contributed by atoms with Crippen LogP contribution in [0, 0.1) is 0 Å². The second-order valence-corrected chi connectivity index (χ2v) is 12.1. The molecule has 0 radical (unpaired) electrons. The molecule has 4 aromatic rings. The number of fused-ring (bicyclic) bond motifs is 2. The maximum Gasteiger partial charge on any atom is 0.238 e. The third-order valence-corrected chi connectivity index (χ3v) is 9.19. The number of rotatable bonds is 9. The van der Waals surface area contributed by atoms with Crippen LogP contribution in [-0.4, -0.2) is 71.9 Å². The number of pyridine rings is 2. The van der Waals surface area contributed by atoms with Gasteiger partial charge in [0.15, 0.2) is 5.65 Å². The number of hydrogen-bond donors (Lipinski definition) is 0. The topological polar surface area (TPSA) is 93.5 Å². The zero-order valence-electron chi connectivity index (χ0n) is 21.0. The Kier molecular flexibility index (Phi) is 6.08. The van der Waals surface area contributed by atoms with Gasteiger partial charge in [-0.3, -0.25) is 8.87 Å². The Morgan fingerprint density at radius 3 is 2.70 bits per heavy atom. The molecule has 10 heteroatoms. The van der Waals surface area contributed by atoms with Crippen LogP contribution in [-0.2, 0) is 16.4 Å². The molecule has 9 nitrogen and oxygen atoms in total. The molecule has 1 aliphatic heterocycles. The molecule has 0 spiro atoms. The fourth-order valence-electron chi connectivity index (χ4n) is 4.72. The van der Waals surface area contributed by atoms with Crippen LogP contribution in [0.15, 0.2) is 55.0 Å². The van der Waals surface area contributed by atoms with Crippen molar-refractivity contribution in [1.29, 1.82) is 0 Å². The summed E-state index contributed by atoms with van der Waals surface area (Å²) in [6, 6.07) is 13.7. The molecule has 0 saturated heterocycles. The molecule has 0 unspecified atom stereocenters. The number of hydrogen-bond acceptors (Lipinski definition) is 7. The number of ether oxygens (including phenoxy) is 1. The van der Waals surface area contributed by atoms with Crippen molar-refractivity contribution in [3.05, 3.63) is 60.6 Å². The molecule has 4 heterocycles. The molecule has 0 amide bonds. The summed E-state index contributed by atoms with van der Waals surface area (Å²) in [5.74, 6) is 0.595. The first-order valence-corrected chi connectivity index (χ1v) is 14.1. The van der Waals surface area contributed by atoms with Gasteiger partial charge in [0.25, 0.3) is 0 Å². The molecule has 1 saturated carbocycles. The summed E-state index contributed by atoms with van der Waals surface area (Å²) in [6.45, 7) is 2.09. The maximum absolute atomic E-state index is 13.0. The Bertz CT molecular complexity index is 1540. The van der Waals surface area contributed by atoms with E-state index >= 15 is 0 Å². The van der Waals surface area contributed by atoms with Crippen molar-refractivity contribution in [1.82, 2.24) is 24.4 Å². The van der Waals surface area contributed by atoms with E-state index < -0.39 is 10.0 Å². The van der Waals surface area contributed by atoms with Gasteiger partial charge in [-0.1, -0.05) is 6.07 Å². The predicted molar refractivity (Wildman–Crippen MR) is 144 cm³/mol. The quantitative estimate of drug-likeness (QED) is 0.312. The molecule has 0 atom stereocenters.